The Kier molecular flexibility index (Phi) is 7.07. The van der Waals surface area contributed by atoms with Crippen LogP contribution >= 0.6 is 35.0 Å². The minimum absolute atomic E-state index is 0.0199. The number of hydrogen-bond donors (Lipinski definition) is 2. The molecule has 0 radical (unpaired) electrons. The van der Waals surface area contributed by atoms with Gasteiger partial charge in [-0.2, -0.15) is 16.5 Å². The van der Waals surface area contributed by atoms with Gasteiger partial charge in [-0.1, -0.05) is 35.3 Å². The smallest absolute Gasteiger partial charge is 0.257 e. The van der Waals surface area contributed by atoms with Crippen molar-refractivity contribution in [2.45, 2.75) is 17.4 Å². The predicted molar refractivity (Wildman–Crippen MR) is 118 cm³/mol. The topological polar surface area (TPSA) is 93.1 Å². The number of thioether (sulfide) groups is 1. The standard InChI is InChI=1S/C18H18Cl2N4O3S2/c1-28-9-8-15(23-29(26,27)17-10-12(19)6-7-13(17)20)18(25)22-24-11-21-14-4-2-3-5-16(14)24/h2-7,10-11,15,23H,8-9H2,1H3,(H,22,25). The molecule has 11 heteroatoms. The molecule has 2 aromatic carbocycles. The molecular formula is C18H18Cl2N4O3S2. The zero-order valence-electron chi connectivity index (χ0n) is 15.3. The molecule has 1 aromatic heterocycles. The summed E-state index contributed by atoms with van der Waals surface area (Å²) in [7, 11) is -4.07. The summed E-state index contributed by atoms with van der Waals surface area (Å²) < 4.78 is 29.6. The molecule has 1 atom stereocenters. The molecule has 1 amide bonds. The van der Waals surface area contributed by atoms with Crippen LogP contribution in [0.25, 0.3) is 11.0 Å². The van der Waals surface area contributed by atoms with Crippen LogP contribution in [0.2, 0.25) is 10.0 Å². The Morgan fingerprint density at radius 1 is 1.24 bits per heavy atom. The lowest BCUT2D eigenvalue weighted by Crippen LogP contribution is -2.46. The largest absolute Gasteiger partial charge is 0.271 e. The zero-order chi connectivity index (χ0) is 21.0. The van der Waals surface area contributed by atoms with Gasteiger partial charge in [-0.05, 0) is 48.8 Å². The van der Waals surface area contributed by atoms with Crippen LogP contribution in [-0.4, -0.2) is 42.0 Å². The fraction of sp³-hybridized carbons (Fsp3) is 0.222. The number of sulfonamides is 1. The van der Waals surface area contributed by atoms with Crippen molar-refractivity contribution in [2.75, 3.05) is 17.4 Å². The van der Waals surface area contributed by atoms with E-state index in [0.29, 0.717) is 16.8 Å². The minimum Gasteiger partial charge on any atom is -0.271 e. The number of hydrogen-bond acceptors (Lipinski definition) is 5. The number of nitrogens with one attached hydrogen (secondary N) is 2. The Bertz CT molecular complexity index is 1140. The second-order valence-electron chi connectivity index (χ2n) is 6.11. The third-order valence-corrected chi connectivity index (χ3v) is 6.92. The molecule has 29 heavy (non-hydrogen) atoms. The van der Waals surface area contributed by atoms with Crippen molar-refractivity contribution in [3.63, 3.8) is 0 Å². The highest BCUT2D eigenvalue weighted by molar-refractivity contribution is 7.98. The lowest BCUT2D eigenvalue weighted by atomic mass is 10.2. The lowest BCUT2D eigenvalue weighted by molar-refractivity contribution is -0.118. The number of carbonyl (C=O) groups is 1. The minimum atomic E-state index is -4.07. The summed E-state index contributed by atoms with van der Waals surface area (Å²) in [6.07, 6.45) is 3.63. The first kappa shape index (κ1) is 21.9. The number of halogens is 2. The van der Waals surface area contributed by atoms with Gasteiger partial charge < -0.3 is 0 Å². The molecule has 0 saturated carbocycles. The number of nitrogens with zero attached hydrogens (tertiary/aromatic N) is 2. The first-order valence-corrected chi connectivity index (χ1v) is 12.1. The average molecular weight is 473 g/mol. The number of aromatic nitrogens is 2. The van der Waals surface area contributed by atoms with Crippen LogP contribution in [0.5, 0.6) is 0 Å². The quantitative estimate of drug-likeness (QED) is 0.523. The van der Waals surface area contributed by atoms with Gasteiger partial charge in [0.05, 0.1) is 16.1 Å². The number of para-hydroxylation sites is 2. The molecule has 3 rings (SSSR count). The van der Waals surface area contributed by atoms with Gasteiger partial charge in [-0.25, -0.2) is 18.1 Å². The number of imidazole rings is 1. The summed E-state index contributed by atoms with van der Waals surface area (Å²) in [5.74, 6) is 0.0677. The highest BCUT2D eigenvalue weighted by Gasteiger charge is 2.27. The fourth-order valence-corrected chi connectivity index (χ4v) is 5.12. The summed E-state index contributed by atoms with van der Waals surface area (Å²) in [5, 5.41) is 0.247. The molecule has 0 bridgehead atoms. The van der Waals surface area contributed by atoms with Crippen LogP contribution in [0.1, 0.15) is 6.42 Å². The van der Waals surface area contributed by atoms with Crippen LogP contribution in [0.15, 0.2) is 53.7 Å². The van der Waals surface area contributed by atoms with Crippen molar-refractivity contribution in [1.82, 2.24) is 14.4 Å². The highest BCUT2D eigenvalue weighted by Crippen LogP contribution is 2.25. The van der Waals surface area contributed by atoms with Crippen molar-refractivity contribution >= 4 is 61.9 Å². The zero-order valence-corrected chi connectivity index (χ0v) is 18.4. The van der Waals surface area contributed by atoms with Crippen LogP contribution < -0.4 is 10.1 Å². The monoisotopic (exact) mass is 472 g/mol. The predicted octanol–water partition coefficient (Wildman–Crippen LogP) is 3.51. The van der Waals surface area contributed by atoms with Crippen molar-refractivity contribution in [2.24, 2.45) is 0 Å². The Morgan fingerprint density at radius 3 is 2.76 bits per heavy atom. The molecule has 1 heterocycles. The van der Waals surface area contributed by atoms with E-state index in [1.54, 1.807) is 6.07 Å². The SMILES string of the molecule is CSCCC(NS(=O)(=O)c1cc(Cl)ccc1Cl)C(=O)Nn1cnc2ccccc21. The Morgan fingerprint density at radius 2 is 2.00 bits per heavy atom. The Labute approximate surface area is 182 Å². The lowest BCUT2D eigenvalue weighted by Gasteiger charge is -2.19. The van der Waals surface area contributed by atoms with Crippen LogP contribution in [0.4, 0.5) is 0 Å². The van der Waals surface area contributed by atoms with Gasteiger partial charge in [0.25, 0.3) is 5.91 Å². The average Bonchev–Trinajstić information content (AvgIpc) is 3.09. The maximum Gasteiger partial charge on any atom is 0.257 e. The maximum atomic E-state index is 12.9. The number of fused-ring (bicyclic) bond motifs is 1. The Hall–Kier alpha value is -1.78. The molecule has 7 nitrogen and oxygen atoms in total. The van der Waals surface area contributed by atoms with Gasteiger partial charge in [0.1, 0.15) is 17.3 Å². The van der Waals surface area contributed by atoms with Gasteiger partial charge in [0, 0.05) is 5.02 Å². The van der Waals surface area contributed by atoms with E-state index in [2.05, 4.69) is 15.1 Å². The van der Waals surface area contributed by atoms with Crippen molar-refractivity contribution in [1.29, 1.82) is 0 Å². The number of benzene rings is 2. The molecule has 0 fully saturated rings. The van der Waals surface area contributed by atoms with Crippen molar-refractivity contribution < 1.29 is 13.2 Å². The van der Waals surface area contributed by atoms with Gasteiger partial charge >= 0.3 is 0 Å². The molecule has 154 valence electrons. The highest BCUT2D eigenvalue weighted by atomic mass is 35.5. The summed E-state index contributed by atoms with van der Waals surface area (Å²) >= 11 is 13.4. The molecule has 2 N–H and O–H groups in total. The molecular weight excluding hydrogens is 455 g/mol. The van der Waals surface area contributed by atoms with E-state index >= 15 is 0 Å². The van der Waals surface area contributed by atoms with Crippen LogP contribution in [-0.2, 0) is 14.8 Å². The third kappa shape index (κ3) is 5.23. The first-order valence-electron chi connectivity index (χ1n) is 8.51. The molecule has 0 spiro atoms. The van der Waals surface area contributed by atoms with Crippen LogP contribution in [0, 0.1) is 0 Å². The van der Waals surface area contributed by atoms with E-state index in [1.165, 1.54) is 41.0 Å². The van der Waals surface area contributed by atoms with Gasteiger partial charge in [-0.3, -0.25) is 10.2 Å². The molecule has 1 unspecified atom stereocenters. The number of amides is 1. The van der Waals surface area contributed by atoms with Gasteiger partial charge in [0.2, 0.25) is 10.0 Å². The van der Waals surface area contributed by atoms with Crippen molar-refractivity contribution in [3.8, 4) is 0 Å². The first-order chi connectivity index (χ1) is 13.8. The summed E-state index contributed by atoms with van der Waals surface area (Å²) in [6, 6.07) is 10.4. The van der Waals surface area contributed by atoms with E-state index in [4.69, 9.17) is 23.2 Å². The molecule has 0 aliphatic carbocycles. The summed E-state index contributed by atoms with van der Waals surface area (Å²) in [5.41, 5.74) is 4.10. The van der Waals surface area contributed by atoms with E-state index in [-0.39, 0.29) is 21.4 Å². The normalized spacial score (nSPS) is 12.8. The van der Waals surface area contributed by atoms with E-state index < -0.39 is 22.0 Å². The number of rotatable bonds is 8. The second kappa shape index (κ2) is 9.36. The second-order valence-corrected chi connectivity index (χ2v) is 9.62. The molecule has 0 aliphatic rings. The molecule has 3 aromatic rings. The summed E-state index contributed by atoms with van der Waals surface area (Å²) in [6.45, 7) is 0. The fourth-order valence-electron chi connectivity index (χ4n) is 2.66. The maximum absolute atomic E-state index is 12.9. The van der Waals surface area contributed by atoms with Gasteiger partial charge in [0.15, 0.2) is 0 Å². The molecule has 0 aliphatic heterocycles. The third-order valence-electron chi connectivity index (χ3n) is 4.09. The van der Waals surface area contributed by atoms with Crippen LogP contribution in [0.3, 0.4) is 0 Å². The van der Waals surface area contributed by atoms with E-state index in [1.807, 2.05) is 24.5 Å². The van der Waals surface area contributed by atoms with Crippen molar-refractivity contribution in [3.05, 3.63) is 58.8 Å². The van der Waals surface area contributed by atoms with Gasteiger partial charge in [-0.15, -0.1) is 0 Å². The summed E-state index contributed by atoms with van der Waals surface area (Å²) in [4.78, 5) is 16.9. The number of carbonyl (C=O) groups excluding carboxylic acids is 1. The Balaban J connectivity index is 1.85. The molecule has 0 saturated heterocycles. The van der Waals surface area contributed by atoms with E-state index in [0.717, 1.165) is 0 Å². The van der Waals surface area contributed by atoms with E-state index in [9.17, 15) is 13.2 Å².